The molecule has 2 aliphatic rings. The number of ether oxygens (including phenoxy) is 3. The number of hydrogen-bond acceptors (Lipinski definition) is 14. The SMILES string of the molecule is CC(C)(C)OC(=O)CN1CCN(CC(=O)OC(C)(C)C)CCN([C@@H]2CN[C@H](C(O)O)[C@H]2O[Si](C)(C)C(C)(C)C)CCN(CC(=O)OC(C)(C)C)CC1. The molecule has 2 rings (SSSR count). The van der Waals surface area contributed by atoms with Crippen LogP contribution >= 0.6 is 0 Å². The number of rotatable bonds is 10. The van der Waals surface area contributed by atoms with Crippen LogP contribution in [-0.4, -0.2) is 176 Å². The summed E-state index contributed by atoms with van der Waals surface area (Å²) in [5, 5.41) is 24.1. The van der Waals surface area contributed by atoms with E-state index in [0.29, 0.717) is 58.9 Å². The molecule has 304 valence electrons. The summed E-state index contributed by atoms with van der Waals surface area (Å²) in [6, 6.07) is -0.892. The number of carbonyl (C=O) groups excluding carboxylic acids is 3. The summed E-state index contributed by atoms with van der Waals surface area (Å²) >= 11 is 0. The van der Waals surface area contributed by atoms with Crippen molar-refractivity contribution in [1.82, 2.24) is 24.9 Å². The lowest BCUT2D eigenvalue weighted by molar-refractivity contribution is -0.158. The van der Waals surface area contributed by atoms with E-state index in [9.17, 15) is 24.6 Å². The molecule has 0 aromatic rings. The van der Waals surface area contributed by atoms with Crippen LogP contribution < -0.4 is 5.32 Å². The molecule has 0 spiro atoms. The first-order valence-corrected chi connectivity index (χ1v) is 21.8. The summed E-state index contributed by atoms with van der Waals surface area (Å²) in [5.74, 6) is -1.01. The van der Waals surface area contributed by atoms with Crippen LogP contribution in [0.1, 0.15) is 83.1 Å². The number of nitrogens with zero attached hydrogens (tertiary/aromatic N) is 4. The van der Waals surface area contributed by atoms with Gasteiger partial charge in [-0.15, -0.1) is 0 Å². The second-order valence-electron chi connectivity index (χ2n) is 18.9. The maximum atomic E-state index is 13.1. The molecule has 0 aromatic carbocycles. The standard InChI is InChI=1S/C37H73N5O9Si/c1-34(2,3)48-28(43)24-39-15-17-40(25-29(44)49-35(4,5)6)19-21-42(22-20-41(18-16-39)26-30(45)50-36(7,8)9)27-23-38-31(33(46)47)32(27)51-52(13,14)37(10,11)12/h27,31-33,38,46-47H,15-26H2,1-14H3/t27-,31+,32+/m1/s1. The monoisotopic (exact) mass is 760 g/mol. The fourth-order valence-corrected chi connectivity index (χ4v) is 7.37. The van der Waals surface area contributed by atoms with Gasteiger partial charge in [-0.3, -0.25) is 34.0 Å². The molecule has 14 nitrogen and oxygen atoms in total. The van der Waals surface area contributed by atoms with Crippen molar-refractivity contribution in [2.75, 3.05) is 78.5 Å². The number of esters is 3. The minimum Gasteiger partial charge on any atom is -0.459 e. The van der Waals surface area contributed by atoms with Gasteiger partial charge in [0.1, 0.15) is 16.8 Å². The number of aliphatic hydroxyl groups excluding tert-OH is 1. The minimum atomic E-state index is -2.35. The quantitative estimate of drug-likeness (QED) is 0.129. The molecular formula is C37H73N5O9Si. The molecule has 0 radical (unpaired) electrons. The zero-order valence-electron chi connectivity index (χ0n) is 34.8. The number of carbonyl (C=O) groups is 3. The van der Waals surface area contributed by atoms with Crippen LogP contribution in [0.25, 0.3) is 0 Å². The molecule has 15 heteroatoms. The smallest absolute Gasteiger partial charge is 0.320 e. The first-order valence-electron chi connectivity index (χ1n) is 18.9. The Balaban J connectivity index is 2.49. The maximum absolute atomic E-state index is 13.1. The molecule has 2 saturated heterocycles. The Morgan fingerprint density at radius 1 is 0.635 bits per heavy atom. The van der Waals surface area contributed by atoms with Crippen molar-refractivity contribution >= 4 is 26.2 Å². The Labute approximate surface area is 314 Å². The van der Waals surface area contributed by atoms with Crippen molar-refractivity contribution in [3.63, 3.8) is 0 Å². The highest BCUT2D eigenvalue weighted by Gasteiger charge is 2.48. The highest BCUT2D eigenvalue weighted by atomic mass is 28.4. The Morgan fingerprint density at radius 2 is 0.962 bits per heavy atom. The average Bonchev–Trinajstić information content (AvgIpc) is 3.32. The van der Waals surface area contributed by atoms with Crippen molar-refractivity contribution in [2.24, 2.45) is 0 Å². The van der Waals surface area contributed by atoms with Gasteiger partial charge in [0, 0.05) is 64.9 Å². The van der Waals surface area contributed by atoms with Crippen LogP contribution in [0.2, 0.25) is 18.1 Å². The lowest BCUT2D eigenvalue weighted by Crippen LogP contribution is -2.57. The lowest BCUT2D eigenvalue weighted by Gasteiger charge is -2.44. The van der Waals surface area contributed by atoms with Crippen molar-refractivity contribution in [3.05, 3.63) is 0 Å². The Kier molecular flexibility index (Phi) is 16.8. The Hall–Kier alpha value is -1.69. The van der Waals surface area contributed by atoms with Gasteiger partial charge >= 0.3 is 17.9 Å². The first kappa shape index (κ1) is 46.5. The molecule has 0 saturated carbocycles. The molecule has 2 aliphatic heterocycles. The van der Waals surface area contributed by atoms with Gasteiger partial charge in [0.05, 0.1) is 31.8 Å². The van der Waals surface area contributed by atoms with E-state index >= 15 is 0 Å². The van der Waals surface area contributed by atoms with Gasteiger partial charge in [0.15, 0.2) is 14.6 Å². The van der Waals surface area contributed by atoms with E-state index in [-0.39, 0.29) is 48.6 Å². The third-order valence-corrected chi connectivity index (χ3v) is 14.0. The van der Waals surface area contributed by atoms with Crippen molar-refractivity contribution in [1.29, 1.82) is 0 Å². The molecule has 0 unspecified atom stereocenters. The lowest BCUT2D eigenvalue weighted by atomic mass is 10.1. The van der Waals surface area contributed by atoms with Crippen molar-refractivity contribution < 1.29 is 43.2 Å². The zero-order valence-corrected chi connectivity index (χ0v) is 35.8. The van der Waals surface area contributed by atoms with Gasteiger partial charge in [-0.05, 0) is 80.4 Å². The van der Waals surface area contributed by atoms with Crippen LogP contribution in [0.4, 0.5) is 0 Å². The maximum Gasteiger partial charge on any atom is 0.320 e. The molecule has 52 heavy (non-hydrogen) atoms. The predicted molar refractivity (Wildman–Crippen MR) is 204 cm³/mol. The first-order chi connectivity index (χ1) is 23.5. The summed E-state index contributed by atoms with van der Waals surface area (Å²) in [4.78, 5) is 47.6. The number of hydrogen-bond donors (Lipinski definition) is 3. The summed E-state index contributed by atoms with van der Waals surface area (Å²) in [5.41, 5.74) is -1.91. The summed E-state index contributed by atoms with van der Waals surface area (Å²) in [6.07, 6.45) is -2.12. The average molecular weight is 760 g/mol. The Bertz CT molecular complexity index is 1110. The van der Waals surface area contributed by atoms with Crippen LogP contribution in [0.15, 0.2) is 0 Å². The second kappa shape index (κ2) is 18.8. The van der Waals surface area contributed by atoms with E-state index in [2.05, 4.69) is 44.1 Å². The van der Waals surface area contributed by atoms with E-state index < -0.39 is 43.6 Å². The fourth-order valence-electron chi connectivity index (χ4n) is 6.04. The van der Waals surface area contributed by atoms with Gasteiger partial charge in [-0.2, -0.15) is 0 Å². The van der Waals surface area contributed by atoms with Crippen molar-refractivity contribution in [2.45, 2.75) is 142 Å². The Morgan fingerprint density at radius 3 is 1.25 bits per heavy atom. The van der Waals surface area contributed by atoms with E-state index in [4.69, 9.17) is 18.6 Å². The molecule has 2 heterocycles. The fraction of sp³-hybridized carbons (Fsp3) is 0.919. The highest BCUT2D eigenvalue weighted by Crippen LogP contribution is 2.39. The molecule has 3 atom stereocenters. The van der Waals surface area contributed by atoms with E-state index in [1.807, 2.05) is 77.0 Å². The van der Waals surface area contributed by atoms with Gasteiger partial charge in [0.2, 0.25) is 0 Å². The topological polar surface area (TPSA) is 154 Å². The highest BCUT2D eigenvalue weighted by molar-refractivity contribution is 6.74. The van der Waals surface area contributed by atoms with Crippen molar-refractivity contribution in [3.8, 4) is 0 Å². The van der Waals surface area contributed by atoms with Crippen LogP contribution in [0.5, 0.6) is 0 Å². The summed E-state index contributed by atoms with van der Waals surface area (Å²) in [6.45, 7) is 32.0. The zero-order chi connectivity index (χ0) is 39.9. The molecule has 0 aliphatic carbocycles. The van der Waals surface area contributed by atoms with Crippen LogP contribution in [0, 0.1) is 0 Å². The molecular weight excluding hydrogens is 687 g/mol. The summed E-state index contributed by atoms with van der Waals surface area (Å²) in [7, 11) is -2.35. The minimum absolute atomic E-state index is 0.0645. The number of nitrogens with one attached hydrogen (secondary N) is 1. The third-order valence-electron chi connectivity index (χ3n) is 9.51. The largest absolute Gasteiger partial charge is 0.459 e. The van der Waals surface area contributed by atoms with E-state index in [1.54, 1.807) is 0 Å². The summed E-state index contributed by atoms with van der Waals surface area (Å²) < 4.78 is 24.0. The predicted octanol–water partition coefficient (Wildman–Crippen LogP) is 2.27. The van der Waals surface area contributed by atoms with Gasteiger partial charge in [0.25, 0.3) is 0 Å². The van der Waals surface area contributed by atoms with Crippen LogP contribution in [0.3, 0.4) is 0 Å². The molecule has 0 aromatic heterocycles. The van der Waals surface area contributed by atoms with Crippen LogP contribution in [-0.2, 0) is 33.0 Å². The second-order valence-corrected chi connectivity index (χ2v) is 23.6. The normalized spacial score (nSPS) is 23.6. The molecule has 3 N–H and O–H groups in total. The van der Waals surface area contributed by atoms with E-state index in [1.165, 1.54) is 0 Å². The third kappa shape index (κ3) is 16.8. The molecule has 0 bridgehead atoms. The van der Waals surface area contributed by atoms with Gasteiger partial charge in [-0.25, -0.2) is 0 Å². The number of aliphatic hydroxyl groups is 2. The van der Waals surface area contributed by atoms with Gasteiger partial charge in [-0.1, -0.05) is 20.8 Å². The van der Waals surface area contributed by atoms with E-state index in [0.717, 1.165) is 0 Å². The van der Waals surface area contributed by atoms with Gasteiger partial charge < -0.3 is 34.2 Å². The molecule has 2 fully saturated rings. The molecule has 0 amide bonds.